The number of fused-ring (bicyclic) bond motifs is 1. The minimum atomic E-state index is -0.180. The average molecular weight is 340 g/mol. The monoisotopic (exact) mass is 340 g/mol. The second-order valence-electron chi connectivity index (χ2n) is 5.54. The van der Waals surface area contributed by atoms with Crippen molar-refractivity contribution >= 4 is 28.7 Å². The van der Waals surface area contributed by atoms with Gasteiger partial charge in [0, 0.05) is 26.2 Å². The Morgan fingerprint density at radius 1 is 1.25 bits per heavy atom. The van der Waals surface area contributed by atoms with Gasteiger partial charge < -0.3 is 9.88 Å². The summed E-state index contributed by atoms with van der Waals surface area (Å²) in [5, 5.41) is 3.66. The molecular weight excluding hydrogens is 320 g/mol. The molecule has 1 atom stereocenters. The van der Waals surface area contributed by atoms with Gasteiger partial charge in [-0.25, -0.2) is 9.97 Å². The second kappa shape index (κ2) is 7.49. The zero-order valence-electron chi connectivity index (χ0n) is 13.8. The predicted octanol–water partition coefficient (Wildman–Crippen LogP) is 2.81. The van der Waals surface area contributed by atoms with Crippen LogP contribution in [0.5, 0.6) is 0 Å². The molecule has 124 valence electrons. The van der Waals surface area contributed by atoms with E-state index in [1.807, 2.05) is 50.4 Å². The molecule has 1 aromatic carbocycles. The topological polar surface area (TPSA) is 59.8 Å². The van der Waals surface area contributed by atoms with Gasteiger partial charge in [0.1, 0.15) is 5.82 Å². The molecule has 0 spiro atoms. The number of hydrogen-bond donors (Lipinski definition) is 1. The highest BCUT2D eigenvalue weighted by molar-refractivity contribution is 8.00. The lowest BCUT2D eigenvalue weighted by atomic mass is 10.3. The maximum Gasteiger partial charge on any atom is 0.233 e. The number of carbonyl (C=O) groups is 1. The molecule has 2 aromatic heterocycles. The molecule has 3 aromatic rings. The Labute approximate surface area is 145 Å². The van der Waals surface area contributed by atoms with E-state index in [1.54, 1.807) is 6.20 Å². The fourth-order valence-corrected chi connectivity index (χ4v) is 3.34. The summed E-state index contributed by atoms with van der Waals surface area (Å²) in [6.07, 6.45) is 2.44. The number of thioether (sulfide) groups is 1. The van der Waals surface area contributed by atoms with E-state index in [1.165, 1.54) is 11.8 Å². The van der Waals surface area contributed by atoms with Gasteiger partial charge >= 0.3 is 0 Å². The third-order valence-electron chi connectivity index (χ3n) is 3.83. The summed E-state index contributed by atoms with van der Waals surface area (Å²) in [4.78, 5) is 21.1. The van der Waals surface area contributed by atoms with Gasteiger partial charge in [-0.1, -0.05) is 30.0 Å². The van der Waals surface area contributed by atoms with Crippen LogP contribution in [-0.2, 0) is 18.3 Å². The van der Waals surface area contributed by atoms with Crippen LogP contribution >= 0.6 is 11.8 Å². The first kappa shape index (κ1) is 16.5. The fraction of sp³-hybridized carbons (Fsp3) is 0.278. The van der Waals surface area contributed by atoms with E-state index in [0.29, 0.717) is 13.0 Å². The standard InChI is InChI=1S/C18H20N4OS/c1-13(24-17-9-5-6-11-19-17)18(23)20-12-10-16-21-14-7-3-4-8-15(14)22(16)2/h3-9,11,13H,10,12H2,1-2H3,(H,20,23)/t13-/m1/s1. The Balaban J connectivity index is 1.53. The summed E-state index contributed by atoms with van der Waals surface area (Å²) in [5.41, 5.74) is 2.10. The largest absolute Gasteiger partial charge is 0.355 e. The number of carbonyl (C=O) groups excluding carboxylic acids is 1. The number of nitrogens with zero attached hydrogens (tertiary/aromatic N) is 3. The molecule has 0 aliphatic heterocycles. The number of imidazole rings is 1. The van der Waals surface area contributed by atoms with Crippen molar-refractivity contribution in [3.05, 3.63) is 54.5 Å². The van der Waals surface area contributed by atoms with Gasteiger partial charge in [0.25, 0.3) is 0 Å². The molecule has 24 heavy (non-hydrogen) atoms. The van der Waals surface area contributed by atoms with E-state index in [2.05, 4.69) is 25.9 Å². The number of aryl methyl sites for hydroxylation is 1. The number of amides is 1. The number of nitrogens with one attached hydrogen (secondary N) is 1. The van der Waals surface area contributed by atoms with Crippen LogP contribution in [0.15, 0.2) is 53.7 Å². The molecule has 0 saturated carbocycles. The molecule has 0 bridgehead atoms. The molecular formula is C18H20N4OS. The maximum absolute atomic E-state index is 12.2. The van der Waals surface area contributed by atoms with Crippen LogP contribution in [0.3, 0.4) is 0 Å². The molecule has 5 nitrogen and oxygen atoms in total. The van der Waals surface area contributed by atoms with E-state index in [0.717, 1.165) is 21.9 Å². The molecule has 0 aliphatic carbocycles. The Hall–Kier alpha value is -2.34. The van der Waals surface area contributed by atoms with Gasteiger partial charge in [0.05, 0.1) is 21.3 Å². The van der Waals surface area contributed by atoms with Crippen molar-refractivity contribution in [1.82, 2.24) is 19.9 Å². The van der Waals surface area contributed by atoms with Crippen molar-refractivity contribution in [3.8, 4) is 0 Å². The van der Waals surface area contributed by atoms with E-state index in [4.69, 9.17) is 0 Å². The molecule has 0 unspecified atom stereocenters. The number of pyridine rings is 1. The minimum Gasteiger partial charge on any atom is -0.355 e. The molecule has 0 fully saturated rings. The van der Waals surface area contributed by atoms with Crippen LogP contribution in [0.1, 0.15) is 12.7 Å². The maximum atomic E-state index is 12.2. The van der Waals surface area contributed by atoms with Crippen LogP contribution in [0.4, 0.5) is 0 Å². The van der Waals surface area contributed by atoms with Crippen LogP contribution < -0.4 is 5.32 Å². The summed E-state index contributed by atoms with van der Waals surface area (Å²) in [7, 11) is 2.01. The van der Waals surface area contributed by atoms with E-state index in [9.17, 15) is 4.79 Å². The minimum absolute atomic E-state index is 0.0180. The SMILES string of the molecule is C[C@@H](Sc1ccccn1)C(=O)NCCc1nc2ccccc2n1C. The van der Waals surface area contributed by atoms with Crippen molar-refractivity contribution < 1.29 is 4.79 Å². The van der Waals surface area contributed by atoms with Crippen molar-refractivity contribution in [2.24, 2.45) is 7.05 Å². The number of aromatic nitrogens is 3. The fourth-order valence-electron chi connectivity index (χ4n) is 2.51. The molecule has 0 aliphatic rings. The Morgan fingerprint density at radius 2 is 2.04 bits per heavy atom. The Bertz CT molecular complexity index is 831. The van der Waals surface area contributed by atoms with Crippen LogP contribution in [-0.4, -0.2) is 32.2 Å². The highest BCUT2D eigenvalue weighted by Gasteiger charge is 2.15. The average Bonchev–Trinajstić information content (AvgIpc) is 2.92. The molecule has 3 rings (SSSR count). The van der Waals surface area contributed by atoms with Gasteiger partial charge in [-0.2, -0.15) is 0 Å². The summed E-state index contributed by atoms with van der Waals surface area (Å²) in [5.74, 6) is 0.992. The summed E-state index contributed by atoms with van der Waals surface area (Å²) in [6, 6.07) is 13.7. The molecule has 0 radical (unpaired) electrons. The number of rotatable bonds is 6. The summed E-state index contributed by atoms with van der Waals surface area (Å²) < 4.78 is 2.08. The van der Waals surface area contributed by atoms with Crippen LogP contribution in [0.25, 0.3) is 11.0 Å². The van der Waals surface area contributed by atoms with E-state index < -0.39 is 0 Å². The smallest absolute Gasteiger partial charge is 0.233 e. The van der Waals surface area contributed by atoms with E-state index >= 15 is 0 Å². The Kier molecular flexibility index (Phi) is 5.15. The number of para-hydroxylation sites is 2. The van der Waals surface area contributed by atoms with Gasteiger partial charge in [-0.15, -0.1) is 0 Å². The zero-order chi connectivity index (χ0) is 16.9. The third kappa shape index (κ3) is 3.76. The van der Waals surface area contributed by atoms with Crippen LogP contribution in [0, 0.1) is 0 Å². The normalized spacial score (nSPS) is 12.2. The quantitative estimate of drug-likeness (QED) is 0.701. The highest BCUT2D eigenvalue weighted by Crippen LogP contribution is 2.20. The van der Waals surface area contributed by atoms with Gasteiger partial charge in [0.15, 0.2) is 0 Å². The van der Waals surface area contributed by atoms with E-state index in [-0.39, 0.29) is 11.2 Å². The molecule has 0 saturated heterocycles. The van der Waals surface area contributed by atoms with Crippen LogP contribution in [0.2, 0.25) is 0 Å². The van der Waals surface area contributed by atoms with Crippen molar-refractivity contribution in [2.75, 3.05) is 6.54 Å². The molecule has 6 heteroatoms. The van der Waals surface area contributed by atoms with Crippen molar-refractivity contribution in [3.63, 3.8) is 0 Å². The summed E-state index contributed by atoms with van der Waals surface area (Å²) >= 11 is 1.46. The highest BCUT2D eigenvalue weighted by atomic mass is 32.2. The first-order valence-electron chi connectivity index (χ1n) is 7.91. The number of hydrogen-bond acceptors (Lipinski definition) is 4. The van der Waals surface area contributed by atoms with Crippen molar-refractivity contribution in [2.45, 2.75) is 23.6 Å². The van der Waals surface area contributed by atoms with Gasteiger partial charge in [-0.3, -0.25) is 4.79 Å². The van der Waals surface area contributed by atoms with Gasteiger partial charge in [-0.05, 0) is 31.2 Å². The lowest BCUT2D eigenvalue weighted by Gasteiger charge is -2.11. The first-order chi connectivity index (χ1) is 11.6. The van der Waals surface area contributed by atoms with Crippen molar-refractivity contribution in [1.29, 1.82) is 0 Å². The first-order valence-corrected chi connectivity index (χ1v) is 8.79. The Morgan fingerprint density at radius 3 is 2.79 bits per heavy atom. The zero-order valence-corrected chi connectivity index (χ0v) is 14.6. The third-order valence-corrected chi connectivity index (χ3v) is 4.88. The van der Waals surface area contributed by atoms with Gasteiger partial charge in [0.2, 0.25) is 5.91 Å². The molecule has 1 amide bonds. The molecule has 1 N–H and O–H groups in total. The molecule has 2 heterocycles. The predicted molar refractivity (Wildman–Crippen MR) is 97.0 cm³/mol. The lowest BCUT2D eigenvalue weighted by molar-refractivity contribution is -0.120. The summed E-state index contributed by atoms with van der Waals surface area (Å²) in [6.45, 7) is 2.47. The second-order valence-corrected chi connectivity index (χ2v) is 6.91. The number of benzene rings is 1. The lowest BCUT2D eigenvalue weighted by Crippen LogP contribution is -2.32.